The fourth-order valence-corrected chi connectivity index (χ4v) is 5.87. The Hall–Kier alpha value is -2.28. The minimum Gasteiger partial charge on any atom is -0.370 e. The molecular formula is C28H37Cl2N5O. The summed E-state index contributed by atoms with van der Waals surface area (Å²) in [6, 6.07) is 14.3. The van der Waals surface area contributed by atoms with E-state index < -0.39 is 0 Å². The Morgan fingerprint density at radius 1 is 1.19 bits per heavy atom. The summed E-state index contributed by atoms with van der Waals surface area (Å²) in [5, 5.41) is 8.21. The molecular weight excluding hydrogens is 493 g/mol. The van der Waals surface area contributed by atoms with E-state index in [9.17, 15) is 4.79 Å². The van der Waals surface area contributed by atoms with Crippen molar-refractivity contribution < 1.29 is 4.79 Å². The number of rotatable bonds is 6. The van der Waals surface area contributed by atoms with Gasteiger partial charge >= 0.3 is 0 Å². The molecule has 194 valence electrons. The van der Waals surface area contributed by atoms with Crippen molar-refractivity contribution >= 4 is 40.8 Å². The summed E-state index contributed by atoms with van der Waals surface area (Å²) in [6.45, 7) is 7.32. The van der Waals surface area contributed by atoms with Crippen LogP contribution in [-0.2, 0) is 4.79 Å². The van der Waals surface area contributed by atoms with Gasteiger partial charge in [0.2, 0.25) is 5.91 Å². The first-order valence-corrected chi connectivity index (χ1v) is 13.7. The van der Waals surface area contributed by atoms with Crippen molar-refractivity contribution in [2.75, 3.05) is 25.0 Å². The molecule has 0 radical (unpaired) electrons. The third-order valence-electron chi connectivity index (χ3n) is 7.19. The van der Waals surface area contributed by atoms with Crippen LogP contribution in [0.15, 0.2) is 47.5 Å². The molecule has 1 amide bonds. The van der Waals surface area contributed by atoms with Gasteiger partial charge in [-0.05, 0) is 61.1 Å². The smallest absolute Gasteiger partial charge is 0.218 e. The molecule has 1 aliphatic carbocycles. The molecule has 3 unspecified atom stereocenters. The number of hydrogen-bond acceptors (Lipinski definition) is 3. The molecule has 1 saturated carbocycles. The Morgan fingerprint density at radius 3 is 2.64 bits per heavy atom. The van der Waals surface area contributed by atoms with Gasteiger partial charge in [0.05, 0.1) is 6.04 Å². The quantitative estimate of drug-likeness (QED) is 0.334. The number of benzene rings is 2. The highest BCUT2D eigenvalue weighted by atomic mass is 35.5. The lowest BCUT2D eigenvalue weighted by atomic mass is 9.87. The maximum atomic E-state index is 11.9. The number of anilines is 1. The second kappa shape index (κ2) is 12.3. The number of aliphatic imine (C=N–C) groups is 1. The van der Waals surface area contributed by atoms with Crippen molar-refractivity contribution in [3.8, 4) is 0 Å². The number of nitrogens with zero attached hydrogens (tertiary/aromatic N) is 2. The van der Waals surface area contributed by atoms with Crippen LogP contribution < -0.4 is 16.4 Å². The van der Waals surface area contributed by atoms with Crippen molar-refractivity contribution in [3.63, 3.8) is 0 Å². The molecule has 4 rings (SSSR count). The monoisotopic (exact) mass is 529 g/mol. The third-order valence-corrected chi connectivity index (χ3v) is 7.76. The van der Waals surface area contributed by atoms with Crippen molar-refractivity contribution in [1.29, 1.82) is 0 Å². The van der Waals surface area contributed by atoms with Crippen LogP contribution in [0.5, 0.6) is 0 Å². The SMILES string of the molecule is CC1CCCC(/N=C(\Nc2ccc(C(CC(N)=O)c3ccc(Cl)cc3Cl)cc2)N2CCN[C@@H](C)C2)C1. The number of primary amides is 1. The Morgan fingerprint density at radius 2 is 1.97 bits per heavy atom. The van der Waals surface area contributed by atoms with Crippen molar-refractivity contribution in [2.45, 2.75) is 64.0 Å². The summed E-state index contributed by atoms with van der Waals surface area (Å²) < 4.78 is 0. The van der Waals surface area contributed by atoms with Crippen LogP contribution >= 0.6 is 23.2 Å². The zero-order valence-corrected chi connectivity index (χ0v) is 22.7. The fourth-order valence-electron chi connectivity index (χ4n) is 5.33. The molecule has 8 heteroatoms. The van der Waals surface area contributed by atoms with Crippen LogP contribution in [0.1, 0.15) is 63.0 Å². The van der Waals surface area contributed by atoms with Crippen LogP contribution in [0.3, 0.4) is 0 Å². The van der Waals surface area contributed by atoms with Crippen molar-refractivity contribution in [3.05, 3.63) is 63.6 Å². The van der Waals surface area contributed by atoms with Crippen LogP contribution in [0.2, 0.25) is 10.0 Å². The summed E-state index contributed by atoms with van der Waals surface area (Å²) in [6.07, 6.45) is 4.99. The maximum absolute atomic E-state index is 11.9. The van der Waals surface area contributed by atoms with Crippen LogP contribution in [0, 0.1) is 5.92 Å². The van der Waals surface area contributed by atoms with Gasteiger partial charge in [-0.2, -0.15) is 0 Å². The third kappa shape index (κ3) is 7.15. The normalized spacial score (nSPS) is 23.8. The molecule has 6 nitrogen and oxygen atoms in total. The molecule has 1 saturated heterocycles. The van der Waals surface area contributed by atoms with Crippen molar-refractivity contribution in [2.24, 2.45) is 16.6 Å². The van der Waals surface area contributed by atoms with Crippen LogP contribution in [0.4, 0.5) is 5.69 Å². The Labute approximate surface area is 224 Å². The molecule has 1 aliphatic heterocycles. The molecule has 2 aliphatic rings. The number of hydrogen-bond donors (Lipinski definition) is 3. The first-order valence-electron chi connectivity index (χ1n) is 12.9. The molecule has 4 N–H and O–H groups in total. The fraction of sp³-hybridized carbons (Fsp3) is 0.500. The number of piperazine rings is 1. The predicted molar refractivity (Wildman–Crippen MR) is 150 cm³/mol. The standard InChI is InChI=1S/C28H37Cl2N5O/c1-18-4-3-5-23(14-18)34-28(35-13-12-32-19(2)17-35)33-22-9-6-20(7-10-22)25(16-27(31)36)24-11-8-21(29)15-26(24)30/h6-11,15,18-19,23,25,32H,3-5,12-14,16-17H2,1-2H3,(H2,31,36)(H,33,34)/t18?,19-,23?,25?/m0/s1. The summed E-state index contributed by atoms with van der Waals surface area (Å²) >= 11 is 12.6. The second-order valence-electron chi connectivity index (χ2n) is 10.3. The first kappa shape index (κ1) is 26.8. The number of amides is 1. The lowest BCUT2D eigenvalue weighted by Crippen LogP contribution is -2.53. The number of guanidine groups is 1. The summed E-state index contributed by atoms with van der Waals surface area (Å²) in [5.41, 5.74) is 8.36. The number of nitrogens with one attached hydrogen (secondary N) is 2. The van der Waals surface area contributed by atoms with E-state index in [0.717, 1.165) is 61.2 Å². The topological polar surface area (TPSA) is 82.7 Å². The van der Waals surface area contributed by atoms with E-state index in [-0.39, 0.29) is 18.2 Å². The van der Waals surface area contributed by atoms with Gasteiger partial charge in [0.25, 0.3) is 0 Å². The molecule has 36 heavy (non-hydrogen) atoms. The largest absolute Gasteiger partial charge is 0.370 e. The minimum absolute atomic E-state index is 0.166. The molecule has 2 fully saturated rings. The highest BCUT2D eigenvalue weighted by Crippen LogP contribution is 2.35. The summed E-state index contributed by atoms with van der Waals surface area (Å²) in [5.74, 6) is 1.05. The van der Waals surface area contributed by atoms with Gasteiger partial charge in [-0.1, -0.05) is 61.2 Å². The van der Waals surface area contributed by atoms with E-state index in [1.54, 1.807) is 12.1 Å². The van der Waals surface area contributed by atoms with E-state index >= 15 is 0 Å². The minimum atomic E-state index is -0.378. The number of nitrogens with two attached hydrogens (primary N) is 1. The molecule has 1 heterocycles. The van der Waals surface area contributed by atoms with Gasteiger partial charge in [-0.25, -0.2) is 4.99 Å². The number of carbonyl (C=O) groups excluding carboxylic acids is 1. The average Bonchev–Trinajstić information content (AvgIpc) is 2.83. The summed E-state index contributed by atoms with van der Waals surface area (Å²) in [4.78, 5) is 19.5. The van der Waals surface area contributed by atoms with E-state index in [1.807, 2.05) is 30.3 Å². The van der Waals surface area contributed by atoms with Gasteiger partial charge in [0, 0.05) is 53.7 Å². The van der Waals surface area contributed by atoms with Gasteiger partial charge in [-0.3, -0.25) is 4.79 Å². The summed E-state index contributed by atoms with van der Waals surface area (Å²) in [7, 11) is 0. The van der Waals surface area contributed by atoms with E-state index in [1.165, 1.54) is 12.8 Å². The van der Waals surface area contributed by atoms with Gasteiger partial charge in [0.15, 0.2) is 5.96 Å². The van der Waals surface area contributed by atoms with Gasteiger partial charge in [0.1, 0.15) is 0 Å². The molecule has 4 atom stereocenters. The lowest BCUT2D eigenvalue weighted by Gasteiger charge is -2.35. The Balaban J connectivity index is 1.57. The van der Waals surface area contributed by atoms with Crippen LogP contribution in [-0.4, -0.2) is 48.5 Å². The molecule has 0 bridgehead atoms. The lowest BCUT2D eigenvalue weighted by molar-refractivity contribution is -0.118. The Bertz CT molecular complexity index is 1070. The first-order chi connectivity index (χ1) is 17.3. The Kier molecular flexibility index (Phi) is 9.15. The average molecular weight is 531 g/mol. The van der Waals surface area contributed by atoms with Gasteiger partial charge < -0.3 is 21.3 Å². The zero-order valence-electron chi connectivity index (χ0n) is 21.1. The molecule has 0 aromatic heterocycles. The van der Waals surface area contributed by atoms with Gasteiger partial charge in [-0.15, -0.1) is 0 Å². The highest BCUT2D eigenvalue weighted by Gasteiger charge is 2.24. The molecule has 0 spiro atoms. The van der Waals surface area contributed by atoms with E-state index in [0.29, 0.717) is 22.1 Å². The number of carbonyl (C=O) groups is 1. The predicted octanol–water partition coefficient (Wildman–Crippen LogP) is 5.64. The van der Waals surface area contributed by atoms with E-state index in [4.69, 9.17) is 33.9 Å². The second-order valence-corrected chi connectivity index (χ2v) is 11.2. The molecule has 2 aromatic rings. The number of halogens is 2. The maximum Gasteiger partial charge on any atom is 0.218 e. The van der Waals surface area contributed by atoms with Crippen LogP contribution in [0.25, 0.3) is 0 Å². The highest BCUT2D eigenvalue weighted by molar-refractivity contribution is 6.35. The van der Waals surface area contributed by atoms with E-state index in [2.05, 4.69) is 29.4 Å². The zero-order chi connectivity index (χ0) is 25.7. The van der Waals surface area contributed by atoms with Crippen molar-refractivity contribution in [1.82, 2.24) is 10.2 Å². The molecule has 2 aromatic carbocycles.